The molecule has 0 saturated heterocycles. The molecule has 0 fully saturated rings. The number of hydrogen-bond donors (Lipinski definition) is 1. The number of amides is 1. The topological polar surface area (TPSA) is 78.3 Å². The van der Waals surface area contributed by atoms with E-state index in [4.69, 9.17) is 9.47 Å². The van der Waals surface area contributed by atoms with Crippen LogP contribution in [0.25, 0.3) is 11.4 Å². The van der Waals surface area contributed by atoms with Crippen LogP contribution in [0.4, 0.5) is 10.1 Å². The SMILES string of the molecule is O=C(CSc1nnc(-c2ccccc2F)n1Cc1ccccc1)Nc1ccc2c(c1)OCCCO2. The van der Waals surface area contributed by atoms with E-state index in [1.54, 1.807) is 36.4 Å². The molecule has 5 rings (SSSR count). The predicted molar refractivity (Wildman–Crippen MR) is 132 cm³/mol. The van der Waals surface area contributed by atoms with E-state index in [0.29, 0.717) is 53.5 Å². The molecule has 0 aliphatic carbocycles. The van der Waals surface area contributed by atoms with Gasteiger partial charge in [-0.2, -0.15) is 0 Å². The summed E-state index contributed by atoms with van der Waals surface area (Å²) in [5, 5.41) is 11.9. The number of aromatic nitrogens is 3. The van der Waals surface area contributed by atoms with Crippen molar-refractivity contribution in [1.82, 2.24) is 14.8 Å². The monoisotopic (exact) mass is 490 g/mol. The number of thioether (sulfide) groups is 1. The normalized spacial score (nSPS) is 12.7. The van der Waals surface area contributed by atoms with Crippen molar-refractivity contribution in [1.29, 1.82) is 0 Å². The van der Waals surface area contributed by atoms with Gasteiger partial charge in [0.1, 0.15) is 5.82 Å². The van der Waals surface area contributed by atoms with Gasteiger partial charge in [0.2, 0.25) is 5.91 Å². The van der Waals surface area contributed by atoms with Crippen molar-refractivity contribution in [2.75, 3.05) is 24.3 Å². The Morgan fingerprint density at radius 2 is 1.74 bits per heavy atom. The lowest BCUT2D eigenvalue weighted by atomic mass is 10.2. The Kier molecular flexibility index (Phi) is 6.94. The highest BCUT2D eigenvalue weighted by molar-refractivity contribution is 7.99. The van der Waals surface area contributed by atoms with Crippen molar-refractivity contribution in [2.45, 2.75) is 18.1 Å². The second kappa shape index (κ2) is 10.6. The highest BCUT2D eigenvalue weighted by Gasteiger charge is 2.19. The van der Waals surface area contributed by atoms with Crippen molar-refractivity contribution in [3.63, 3.8) is 0 Å². The number of benzene rings is 3. The zero-order chi connectivity index (χ0) is 24.0. The Labute approximate surface area is 206 Å². The van der Waals surface area contributed by atoms with E-state index in [-0.39, 0.29) is 17.5 Å². The first kappa shape index (κ1) is 22.9. The standard InChI is InChI=1S/C26H23FN4O3S/c27-21-10-5-4-9-20(21)25-29-30-26(31(25)16-18-7-2-1-3-8-18)35-17-24(32)28-19-11-12-22-23(15-19)34-14-6-13-33-22/h1-5,7-12,15H,6,13-14,16-17H2,(H,28,32). The third kappa shape index (κ3) is 5.46. The van der Waals surface area contributed by atoms with E-state index in [1.807, 2.05) is 34.9 Å². The number of hydrogen-bond acceptors (Lipinski definition) is 6. The second-order valence-electron chi connectivity index (χ2n) is 7.91. The molecule has 0 spiro atoms. The van der Waals surface area contributed by atoms with Crippen LogP contribution in [0.3, 0.4) is 0 Å². The molecular formula is C26H23FN4O3S. The van der Waals surface area contributed by atoms with E-state index < -0.39 is 0 Å². The fraction of sp³-hybridized carbons (Fsp3) is 0.192. The number of nitrogens with one attached hydrogen (secondary N) is 1. The molecule has 9 heteroatoms. The average Bonchev–Trinajstić information content (AvgIpc) is 3.10. The summed E-state index contributed by atoms with van der Waals surface area (Å²) in [4.78, 5) is 12.7. The lowest BCUT2D eigenvalue weighted by Gasteiger charge is -2.12. The average molecular weight is 491 g/mol. The van der Waals surface area contributed by atoms with Crippen molar-refractivity contribution in [3.05, 3.63) is 84.2 Å². The summed E-state index contributed by atoms with van der Waals surface area (Å²) < 4.78 is 27.7. The highest BCUT2D eigenvalue weighted by atomic mass is 32.2. The molecule has 1 amide bonds. The number of ether oxygens (including phenoxy) is 2. The number of anilines is 1. The number of nitrogens with zero attached hydrogens (tertiary/aromatic N) is 3. The minimum Gasteiger partial charge on any atom is -0.490 e. The van der Waals surface area contributed by atoms with Crippen molar-refractivity contribution >= 4 is 23.4 Å². The molecule has 0 atom stereocenters. The van der Waals surface area contributed by atoms with Gasteiger partial charge in [0, 0.05) is 18.2 Å². The molecule has 1 aromatic heterocycles. The molecule has 1 N–H and O–H groups in total. The molecular weight excluding hydrogens is 467 g/mol. The van der Waals surface area contributed by atoms with Gasteiger partial charge in [-0.1, -0.05) is 54.2 Å². The van der Waals surface area contributed by atoms with Crippen molar-refractivity contribution in [2.24, 2.45) is 0 Å². The van der Waals surface area contributed by atoms with Gasteiger partial charge in [0.05, 0.1) is 31.1 Å². The maximum absolute atomic E-state index is 14.5. The predicted octanol–water partition coefficient (Wildman–Crippen LogP) is 5.02. The molecule has 1 aliphatic rings. The molecule has 7 nitrogen and oxygen atoms in total. The van der Waals surface area contributed by atoms with Crippen LogP contribution < -0.4 is 14.8 Å². The molecule has 0 unspecified atom stereocenters. The maximum atomic E-state index is 14.5. The third-order valence-electron chi connectivity index (χ3n) is 5.38. The van der Waals surface area contributed by atoms with Gasteiger partial charge in [0.25, 0.3) is 0 Å². The maximum Gasteiger partial charge on any atom is 0.234 e. The van der Waals surface area contributed by atoms with Crippen LogP contribution in [-0.2, 0) is 11.3 Å². The third-order valence-corrected chi connectivity index (χ3v) is 6.35. The van der Waals surface area contributed by atoms with Crippen LogP contribution in [-0.4, -0.2) is 39.6 Å². The zero-order valence-corrected chi connectivity index (χ0v) is 19.6. The quantitative estimate of drug-likeness (QED) is 0.367. The van der Waals surface area contributed by atoms with Crippen LogP contribution in [0.5, 0.6) is 11.5 Å². The van der Waals surface area contributed by atoms with Crippen LogP contribution in [0.1, 0.15) is 12.0 Å². The summed E-state index contributed by atoms with van der Waals surface area (Å²) in [7, 11) is 0. The summed E-state index contributed by atoms with van der Waals surface area (Å²) >= 11 is 1.25. The molecule has 0 saturated carbocycles. The Bertz CT molecular complexity index is 1330. The molecule has 0 bridgehead atoms. The van der Waals surface area contributed by atoms with Crippen LogP contribution in [0.15, 0.2) is 78.0 Å². The van der Waals surface area contributed by atoms with E-state index in [2.05, 4.69) is 15.5 Å². The first-order valence-electron chi connectivity index (χ1n) is 11.2. The van der Waals surface area contributed by atoms with E-state index in [0.717, 1.165) is 12.0 Å². The summed E-state index contributed by atoms with van der Waals surface area (Å²) in [6, 6.07) is 21.6. The fourth-order valence-electron chi connectivity index (χ4n) is 3.71. The minimum atomic E-state index is -0.377. The first-order chi connectivity index (χ1) is 17.2. The van der Waals surface area contributed by atoms with Crippen LogP contribution >= 0.6 is 11.8 Å². The Balaban J connectivity index is 1.33. The minimum absolute atomic E-state index is 0.110. The van der Waals surface area contributed by atoms with Gasteiger partial charge in [-0.25, -0.2) is 4.39 Å². The van der Waals surface area contributed by atoms with E-state index in [1.165, 1.54) is 17.8 Å². The molecule has 0 radical (unpaired) electrons. The lowest BCUT2D eigenvalue weighted by Crippen LogP contribution is -2.15. The summed E-state index contributed by atoms with van der Waals surface area (Å²) in [5.74, 6) is 1.23. The lowest BCUT2D eigenvalue weighted by molar-refractivity contribution is -0.113. The summed E-state index contributed by atoms with van der Waals surface area (Å²) in [5.41, 5.74) is 2.00. The molecule has 3 aromatic carbocycles. The number of carbonyl (C=O) groups excluding carboxylic acids is 1. The molecule has 1 aliphatic heterocycles. The number of fused-ring (bicyclic) bond motifs is 1. The van der Waals surface area contributed by atoms with Gasteiger partial charge >= 0.3 is 0 Å². The van der Waals surface area contributed by atoms with Crippen molar-refractivity contribution < 1.29 is 18.7 Å². The van der Waals surface area contributed by atoms with E-state index in [9.17, 15) is 9.18 Å². The first-order valence-corrected chi connectivity index (χ1v) is 12.2. The van der Waals surface area contributed by atoms with Gasteiger partial charge in [-0.3, -0.25) is 9.36 Å². The number of rotatable bonds is 7. The highest BCUT2D eigenvalue weighted by Crippen LogP contribution is 2.32. The number of carbonyl (C=O) groups is 1. The van der Waals surface area contributed by atoms with Gasteiger partial charge in [-0.05, 0) is 29.8 Å². The Morgan fingerprint density at radius 3 is 2.57 bits per heavy atom. The van der Waals surface area contributed by atoms with Crippen LogP contribution in [0, 0.1) is 5.82 Å². The molecule has 178 valence electrons. The second-order valence-corrected chi connectivity index (χ2v) is 8.85. The zero-order valence-electron chi connectivity index (χ0n) is 18.8. The summed E-state index contributed by atoms with van der Waals surface area (Å²) in [6.07, 6.45) is 0.811. The van der Waals surface area contributed by atoms with E-state index >= 15 is 0 Å². The Hall–Kier alpha value is -3.85. The van der Waals surface area contributed by atoms with Gasteiger partial charge < -0.3 is 14.8 Å². The Morgan fingerprint density at radius 1 is 0.971 bits per heavy atom. The summed E-state index contributed by atoms with van der Waals surface area (Å²) in [6.45, 7) is 1.62. The van der Waals surface area contributed by atoms with Gasteiger partial charge in [0.15, 0.2) is 22.5 Å². The molecule has 4 aromatic rings. The van der Waals surface area contributed by atoms with Crippen molar-refractivity contribution in [3.8, 4) is 22.9 Å². The van der Waals surface area contributed by atoms with Crippen LogP contribution in [0.2, 0.25) is 0 Å². The molecule has 35 heavy (non-hydrogen) atoms. The number of halogens is 1. The fourth-order valence-corrected chi connectivity index (χ4v) is 4.45. The smallest absolute Gasteiger partial charge is 0.234 e. The molecule has 2 heterocycles. The largest absolute Gasteiger partial charge is 0.490 e. The van der Waals surface area contributed by atoms with Gasteiger partial charge in [-0.15, -0.1) is 10.2 Å².